The molecule has 0 radical (unpaired) electrons. The lowest BCUT2D eigenvalue weighted by atomic mass is 9.87. The Balaban J connectivity index is 2.12. The average Bonchev–Trinajstić information content (AvgIpc) is 2.50. The van der Waals surface area contributed by atoms with E-state index in [9.17, 15) is 13.6 Å². The maximum absolute atomic E-state index is 12.5. The number of nitrogens with zero attached hydrogens (tertiary/aromatic N) is 1. The van der Waals surface area contributed by atoms with E-state index < -0.39 is 13.0 Å². The molecule has 0 unspecified atom stereocenters. The van der Waals surface area contributed by atoms with Crippen LogP contribution in [0, 0.1) is 19.8 Å². The van der Waals surface area contributed by atoms with Crippen molar-refractivity contribution in [2.24, 2.45) is 5.92 Å². The van der Waals surface area contributed by atoms with E-state index >= 15 is 0 Å². The van der Waals surface area contributed by atoms with Gasteiger partial charge in [0.05, 0.1) is 0 Å². The van der Waals surface area contributed by atoms with Gasteiger partial charge in [0.15, 0.2) is 6.61 Å². The molecule has 1 aromatic rings. The molecule has 23 heavy (non-hydrogen) atoms. The molecule has 1 amide bonds. The fourth-order valence-electron chi connectivity index (χ4n) is 2.77. The number of carbonyl (C=O) groups is 1. The van der Waals surface area contributed by atoms with E-state index in [0.29, 0.717) is 11.6 Å². The summed E-state index contributed by atoms with van der Waals surface area (Å²) in [5, 5.41) is 2.98. The topological polar surface area (TPSA) is 51.2 Å². The van der Waals surface area contributed by atoms with E-state index in [1.54, 1.807) is 13.0 Å². The maximum Gasteiger partial charge on any atom is 0.272 e. The van der Waals surface area contributed by atoms with Gasteiger partial charge in [0.2, 0.25) is 5.88 Å². The summed E-state index contributed by atoms with van der Waals surface area (Å²) in [7, 11) is 0. The molecule has 0 aromatic carbocycles. The molecule has 128 valence electrons. The molecule has 1 aromatic heterocycles. The van der Waals surface area contributed by atoms with Crippen molar-refractivity contribution in [2.45, 2.75) is 58.9 Å². The number of pyridine rings is 1. The summed E-state index contributed by atoms with van der Waals surface area (Å²) in [5.41, 5.74) is 1.72. The second kappa shape index (κ2) is 7.70. The molecule has 1 saturated carbocycles. The van der Waals surface area contributed by atoms with Crippen molar-refractivity contribution in [2.75, 3.05) is 6.61 Å². The standard InChI is InChI=1S/C17H24F2N2O2/c1-10-4-6-13(7-5-10)21-16(22)14-8-11(2)12(3)20-17(14)23-9-15(18)19/h8,10,13,15H,4-7,9H2,1-3H3,(H,21,22). The minimum atomic E-state index is -2.60. The molecule has 0 spiro atoms. The summed E-state index contributed by atoms with van der Waals surface area (Å²) < 4.78 is 29.8. The first-order valence-electron chi connectivity index (χ1n) is 8.07. The lowest BCUT2D eigenvalue weighted by Crippen LogP contribution is -2.37. The predicted molar refractivity (Wildman–Crippen MR) is 84.1 cm³/mol. The Morgan fingerprint density at radius 3 is 2.61 bits per heavy atom. The molecule has 0 aliphatic heterocycles. The van der Waals surface area contributed by atoms with Crippen LogP contribution in [0.15, 0.2) is 6.07 Å². The number of aromatic nitrogens is 1. The van der Waals surface area contributed by atoms with Crippen LogP contribution in [0.1, 0.15) is 54.2 Å². The zero-order valence-electron chi connectivity index (χ0n) is 13.9. The van der Waals surface area contributed by atoms with Gasteiger partial charge >= 0.3 is 0 Å². The number of hydrogen-bond donors (Lipinski definition) is 1. The monoisotopic (exact) mass is 326 g/mol. The van der Waals surface area contributed by atoms with Gasteiger partial charge in [-0.1, -0.05) is 6.92 Å². The number of halogens is 2. The van der Waals surface area contributed by atoms with Crippen LogP contribution in [0.2, 0.25) is 0 Å². The fraction of sp³-hybridized carbons (Fsp3) is 0.647. The van der Waals surface area contributed by atoms with Gasteiger partial charge in [-0.25, -0.2) is 13.8 Å². The number of amides is 1. The molecule has 1 N–H and O–H groups in total. The first kappa shape index (κ1) is 17.6. The van der Waals surface area contributed by atoms with Crippen LogP contribution >= 0.6 is 0 Å². The zero-order chi connectivity index (χ0) is 17.0. The summed E-state index contributed by atoms with van der Waals surface area (Å²) in [6.45, 7) is 5.03. The highest BCUT2D eigenvalue weighted by Crippen LogP contribution is 2.25. The lowest BCUT2D eigenvalue weighted by molar-refractivity contribution is 0.0767. The van der Waals surface area contributed by atoms with Gasteiger partial charge < -0.3 is 10.1 Å². The molecular weight excluding hydrogens is 302 g/mol. The van der Waals surface area contributed by atoms with Gasteiger partial charge in [-0.2, -0.15) is 0 Å². The first-order chi connectivity index (χ1) is 10.9. The van der Waals surface area contributed by atoms with Gasteiger partial charge in [-0.05, 0) is 57.1 Å². The van der Waals surface area contributed by atoms with Crippen molar-refractivity contribution >= 4 is 5.91 Å². The van der Waals surface area contributed by atoms with Gasteiger partial charge in [0.1, 0.15) is 5.56 Å². The molecule has 0 saturated heterocycles. The summed E-state index contributed by atoms with van der Waals surface area (Å²) in [4.78, 5) is 16.7. The van der Waals surface area contributed by atoms with Gasteiger partial charge in [-0.3, -0.25) is 4.79 Å². The van der Waals surface area contributed by atoms with E-state index in [2.05, 4.69) is 17.2 Å². The van der Waals surface area contributed by atoms with Crippen LogP contribution in [-0.2, 0) is 0 Å². The number of hydrogen-bond acceptors (Lipinski definition) is 3. The summed E-state index contributed by atoms with van der Waals surface area (Å²) in [6, 6.07) is 1.78. The van der Waals surface area contributed by atoms with Crippen LogP contribution in [0.25, 0.3) is 0 Å². The molecule has 1 aliphatic rings. The molecule has 2 rings (SSSR count). The highest BCUT2D eigenvalue weighted by Gasteiger charge is 2.23. The Morgan fingerprint density at radius 1 is 1.35 bits per heavy atom. The van der Waals surface area contributed by atoms with Crippen LogP contribution in [0.3, 0.4) is 0 Å². The minimum absolute atomic E-state index is 0.0184. The number of rotatable bonds is 5. The average molecular weight is 326 g/mol. The van der Waals surface area contributed by atoms with Crippen molar-refractivity contribution in [3.63, 3.8) is 0 Å². The van der Waals surface area contributed by atoms with Crippen molar-refractivity contribution in [1.82, 2.24) is 10.3 Å². The molecule has 1 fully saturated rings. The van der Waals surface area contributed by atoms with E-state index in [4.69, 9.17) is 4.74 Å². The number of aryl methyl sites for hydroxylation is 2. The lowest BCUT2D eigenvalue weighted by Gasteiger charge is -2.27. The number of alkyl halides is 2. The second-order valence-corrected chi connectivity index (χ2v) is 6.38. The third-order valence-electron chi connectivity index (χ3n) is 4.37. The molecule has 1 heterocycles. The van der Waals surface area contributed by atoms with Crippen LogP contribution in [-0.4, -0.2) is 30.0 Å². The van der Waals surface area contributed by atoms with Crippen molar-refractivity contribution in [3.05, 3.63) is 22.9 Å². The molecule has 0 atom stereocenters. The third-order valence-corrected chi connectivity index (χ3v) is 4.37. The minimum Gasteiger partial charge on any atom is -0.471 e. The Bertz CT molecular complexity index is 556. The number of ether oxygens (including phenoxy) is 1. The zero-order valence-corrected chi connectivity index (χ0v) is 13.9. The molecule has 4 nitrogen and oxygen atoms in total. The van der Waals surface area contributed by atoms with Crippen molar-refractivity contribution in [3.8, 4) is 5.88 Å². The number of nitrogens with one attached hydrogen (secondary N) is 1. The van der Waals surface area contributed by atoms with Gasteiger partial charge in [0, 0.05) is 11.7 Å². The first-order valence-corrected chi connectivity index (χ1v) is 8.07. The number of carbonyl (C=O) groups excluding carboxylic acids is 1. The third kappa shape index (κ3) is 4.88. The summed E-state index contributed by atoms with van der Waals surface area (Å²) in [5.74, 6) is 0.371. The summed E-state index contributed by atoms with van der Waals surface area (Å²) in [6.07, 6.45) is 1.46. The Hall–Kier alpha value is -1.72. The van der Waals surface area contributed by atoms with E-state index in [1.165, 1.54) is 0 Å². The summed E-state index contributed by atoms with van der Waals surface area (Å²) >= 11 is 0. The smallest absolute Gasteiger partial charge is 0.272 e. The van der Waals surface area contributed by atoms with Gasteiger partial charge in [-0.15, -0.1) is 0 Å². The Kier molecular flexibility index (Phi) is 5.91. The van der Waals surface area contributed by atoms with Crippen LogP contribution in [0.4, 0.5) is 8.78 Å². The normalized spacial score (nSPS) is 21.3. The molecule has 6 heteroatoms. The highest BCUT2D eigenvalue weighted by atomic mass is 19.3. The van der Waals surface area contributed by atoms with Crippen LogP contribution < -0.4 is 10.1 Å². The quantitative estimate of drug-likeness (QED) is 0.898. The van der Waals surface area contributed by atoms with Crippen molar-refractivity contribution in [1.29, 1.82) is 0 Å². The van der Waals surface area contributed by atoms with E-state index in [1.807, 2.05) is 6.92 Å². The SMILES string of the molecule is Cc1cc(C(=O)NC2CCC(C)CC2)c(OCC(F)F)nc1C. The van der Waals surface area contributed by atoms with E-state index in [-0.39, 0.29) is 23.4 Å². The molecular formula is C17H24F2N2O2. The Labute approximate surface area is 135 Å². The van der Waals surface area contributed by atoms with Gasteiger partial charge in [0.25, 0.3) is 12.3 Å². The van der Waals surface area contributed by atoms with Crippen molar-refractivity contribution < 1.29 is 18.3 Å². The molecule has 0 bridgehead atoms. The highest BCUT2D eigenvalue weighted by molar-refractivity contribution is 5.96. The Morgan fingerprint density at radius 2 is 2.00 bits per heavy atom. The predicted octanol–water partition coefficient (Wildman–Crippen LogP) is 3.65. The maximum atomic E-state index is 12.5. The fourth-order valence-corrected chi connectivity index (χ4v) is 2.77. The largest absolute Gasteiger partial charge is 0.471 e. The van der Waals surface area contributed by atoms with E-state index in [0.717, 1.165) is 31.2 Å². The van der Waals surface area contributed by atoms with Crippen LogP contribution in [0.5, 0.6) is 5.88 Å². The molecule has 1 aliphatic carbocycles. The second-order valence-electron chi connectivity index (χ2n) is 6.38.